The molecule has 5 N–H and O–H groups in total. The predicted octanol–water partition coefficient (Wildman–Crippen LogP) is 0.514. The second kappa shape index (κ2) is 9.73. The van der Waals surface area contributed by atoms with Crippen molar-refractivity contribution in [3.8, 4) is 0 Å². The zero-order valence-electron chi connectivity index (χ0n) is 16.2. The number of hydrogen-bond acceptors (Lipinski definition) is 5. The highest BCUT2D eigenvalue weighted by molar-refractivity contribution is 6.35. The van der Waals surface area contributed by atoms with Crippen LogP contribution in [0.25, 0.3) is 10.9 Å². The second-order valence-corrected chi connectivity index (χ2v) is 7.59. The van der Waals surface area contributed by atoms with Crippen LogP contribution in [0.5, 0.6) is 0 Å². The molecule has 0 bridgehead atoms. The number of benzene rings is 1. The fourth-order valence-corrected chi connectivity index (χ4v) is 3.70. The molecule has 3 amide bonds. The lowest BCUT2D eigenvalue weighted by Crippen LogP contribution is -2.49. The third kappa shape index (κ3) is 5.17. The lowest BCUT2D eigenvalue weighted by atomic mass is 9.90. The molecule has 0 radical (unpaired) electrons. The van der Waals surface area contributed by atoms with E-state index in [0.717, 1.165) is 11.8 Å². The summed E-state index contributed by atoms with van der Waals surface area (Å²) >= 11 is 6.09. The normalized spacial score (nSPS) is 17.3. The Morgan fingerprint density at radius 3 is 2.80 bits per heavy atom. The SMILES string of the molecule is O=C(CNC(=O)c1cc2cccc(Cl)c2[nH]1)N[C@@H](CC1CCCNC1=O)C(=O)CO. The number of hydrogen-bond donors (Lipinski definition) is 5. The average Bonchev–Trinajstić information content (AvgIpc) is 3.18. The molecule has 0 spiro atoms. The first-order valence-electron chi connectivity index (χ1n) is 9.65. The third-order valence-electron chi connectivity index (χ3n) is 5.06. The van der Waals surface area contributed by atoms with Gasteiger partial charge in [-0.1, -0.05) is 23.7 Å². The molecule has 3 rings (SSSR count). The number of nitrogens with one attached hydrogen (secondary N) is 4. The summed E-state index contributed by atoms with van der Waals surface area (Å²) in [6.45, 7) is -0.527. The zero-order valence-corrected chi connectivity index (χ0v) is 16.9. The van der Waals surface area contributed by atoms with E-state index in [1.54, 1.807) is 24.3 Å². The van der Waals surface area contributed by atoms with Crippen LogP contribution >= 0.6 is 11.6 Å². The van der Waals surface area contributed by atoms with Crippen molar-refractivity contribution in [1.82, 2.24) is 20.9 Å². The Balaban J connectivity index is 1.57. The Bertz CT molecular complexity index is 973. The third-order valence-corrected chi connectivity index (χ3v) is 5.37. The quantitative estimate of drug-likeness (QED) is 0.412. The van der Waals surface area contributed by atoms with E-state index in [1.165, 1.54) is 0 Å². The van der Waals surface area contributed by atoms with Gasteiger partial charge in [0.1, 0.15) is 12.3 Å². The summed E-state index contributed by atoms with van der Waals surface area (Å²) in [6.07, 6.45) is 1.50. The van der Waals surface area contributed by atoms with E-state index in [1.807, 2.05) is 0 Å². The number of rotatable bonds is 8. The highest BCUT2D eigenvalue weighted by Gasteiger charge is 2.29. The first-order valence-corrected chi connectivity index (χ1v) is 10.0. The number of aliphatic hydroxyl groups is 1. The van der Waals surface area contributed by atoms with Crippen LogP contribution in [-0.2, 0) is 14.4 Å². The summed E-state index contributed by atoms with van der Waals surface area (Å²) in [5, 5.41) is 18.1. The number of amides is 3. The van der Waals surface area contributed by atoms with Crippen molar-refractivity contribution in [3.63, 3.8) is 0 Å². The molecule has 10 heteroatoms. The number of fused-ring (bicyclic) bond motifs is 1. The number of para-hydroxylation sites is 1. The summed E-state index contributed by atoms with van der Waals surface area (Å²) < 4.78 is 0. The van der Waals surface area contributed by atoms with Crippen LogP contribution < -0.4 is 16.0 Å². The van der Waals surface area contributed by atoms with Gasteiger partial charge < -0.3 is 26.0 Å². The van der Waals surface area contributed by atoms with Crippen molar-refractivity contribution in [3.05, 3.63) is 35.0 Å². The average molecular weight is 435 g/mol. The van der Waals surface area contributed by atoms with Gasteiger partial charge in [0, 0.05) is 17.8 Å². The number of halogens is 1. The predicted molar refractivity (Wildman–Crippen MR) is 110 cm³/mol. The van der Waals surface area contributed by atoms with Crippen molar-refractivity contribution in [2.24, 2.45) is 5.92 Å². The molecule has 1 saturated heterocycles. The van der Waals surface area contributed by atoms with Crippen molar-refractivity contribution in [2.45, 2.75) is 25.3 Å². The van der Waals surface area contributed by atoms with E-state index in [9.17, 15) is 24.3 Å². The molecular weight excluding hydrogens is 412 g/mol. The number of carbonyl (C=O) groups is 4. The molecule has 9 nitrogen and oxygen atoms in total. The number of H-pyrrole nitrogens is 1. The Hall–Kier alpha value is -2.91. The summed E-state index contributed by atoms with van der Waals surface area (Å²) in [5.74, 6) is -2.27. The number of carbonyl (C=O) groups excluding carboxylic acids is 4. The highest BCUT2D eigenvalue weighted by atomic mass is 35.5. The molecule has 2 atom stereocenters. The van der Waals surface area contributed by atoms with Crippen LogP contribution in [0.15, 0.2) is 24.3 Å². The van der Waals surface area contributed by atoms with Crippen molar-refractivity contribution in [2.75, 3.05) is 19.7 Å². The number of aromatic nitrogens is 1. The van der Waals surface area contributed by atoms with Crippen LogP contribution in [-0.4, -0.2) is 59.3 Å². The Kier molecular flexibility index (Phi) is 7.07. The van der Waals surface area contributed by atoms with Gasteiger partial charge in [-0.15, -0.1) is 0 Å². The molecule has 1 aromatic heterocycles. The summed E-state index contributed by atoms with van der Waals surface area (Å²) in [5.41, 5.74) is 0.862. The van der Waals surface area contributed by atoms with Gasteiger partial charge in [0.2, 0.25) is 11.8 Å². The fourth-order valence-electron chi connectivity index (χ4n) is 3.47. The van der Waals surface area contributed by atoms with Crippen LogP contribution in [0.4, 0.5) is 0 Å². The lowest BCUT2D eigenvalue weighted by molar-refractivity contribution is -0.131. The van der Waals surface area contributed by atoms with Gasteiger partial charge in [0.15, 0.2) is 5.78 Å². The molecule has 1 unspecified atom stereocenters. The Labute approximate surface area is 177 Å². The fraction of sp³-hybridized carbons (Fsp3) is 0.400. The standard InChI is InChI=1S/C20H23ClN4O5/c21-13-5-1-3-11-7-15(25-18(11)13)20(30)23-9-17(28)24-14(16(27)10-26)8-12-4-2-6-22-19(12)29/h1,3,5,7,12,14,25-26H,2,4,6,8-10H2,(H,22,29)(H,23,30)(H,24,28)/t12?,14-/m0/s1. The first kappa shape index (κ1) is 21.8. The smallest absolute Gasteiger partial charge is 0.268 e. The van der Waals surface area contributed by atoms with Gasteiger partial charge in [-0.3, -0.25) is 19.2 Å². The van der Waals surface area contributed by atoms with Crippen molar-refractivity contribution < 1.29 is 24.3 Å². The number of ketones is 1. The maximum absolute atomic E-state index is 12.3. The minimum Gasteiger partial charge on any atom is -0.389 e. The minimum atomic E-state index is -1.000. The number of Topliss-reactive ketones (excluding diaryl/α,β-unsaturated/α-hetero) is 1. The van der Waals surface area contributed by atoms with Crippen molar-refractivity contribution in [1.29, 1.82) is 0 Å². The molecule has 1 fully saturated rings. The van der Waals surface area contributed by atoms with E-state index in [-0.39, 0.29) is 24.6 Å². The number of piperidine rings is 1. The van der Waals surface area contributed by atoms with Gasteiger partial charge in [-0.2, -0.15) is 0 Å². The zero-order chi connectivity index (χ0) is 21.7. The molecule has 2 aromatic rings. The van der Waals surface area contributed by atoms with E-state index >= 15 is 0 Å². The van der Waals surface area contributed by atoms with Crippen LogP contribution in [0.2, 0.25) is 5.02 Å². The molecule has 160 valence electrons. The van der Waals surface area contributed by atoms with Gasteiger partial charge >= 0.3 is 0 Å². The van der Waals surface area contributed by atoms with E-state index in [2.05, 4.69) is 20.9 Å². The molecule has 0 saturated carbocycles. The van der Waals surface area contributed by atoms with Crippen LogP contribution in [0.1, 0.15) is 29.8 Å². The molecule has 1 aromatic carbocycles. The van der Waals surface area contributed by atoms with E-state index in [0.29, 0.717) is 23.5 Å². The molecule has 0 aliphatic carbocycles. The van der Waals surface area contributed by atoms with Gasteiger partial charge in [0.25, 0.3) is 5.91 Å². The molecule has 30 heavy (non-hydrogen) atoms. The monoisotopic (exact) mass is 434 g/mol. The second-order valence-electron chi connectivity index (χ2n) is 7.18. The largest absolute Gasteiger partial charge is 0.389 e. The summed E-state index contributed by atoms with van der Waals surface area (Å²) in [4.78, 5) is 51.5. The summed E-state index contributed by atoms with van der Waals surface area (Å²) in [7, 11) is 0. The maximum atomic E-state index is 12.3. The van der Waals surface area contributed by atoms with Gasteiger partial charge in [-0.05, 0) is 31.4 Å². The molecule has 1 aliphatic heterocycles. The molecular formula is C20H23ClN4O5. The Morgan fingerprint density at radius 2 is 2.10 bits per heavy atom. The van der Waals surface area contributed by atoms with Crippen LogP contribution in [0.3, 0.4) is 0 Å². The van der Waals surface area contributed by atoms with Crippen molar-refractivity contribution >= 4 is 46.0 Å². The lowest BCUT2D eigenvalue weighted by Gasteiger charge is -2.26. The van der Waals surface area contributed by atoms with E-state index < -0.39 is 36.2 Å². The van der Waals surface area contributed by atoms with Gasteiger partial charge in [-0.25, -0.2) is 0 Å². The maximum Gasteiger partial charge on any atom is 0.268 e. The summed E-state index contributed by atoms with van der Waals surface area (Å²) in [6, 6.07) is 5.88. The Morgan fingerprint density at radius 1 is 1.30 bits per heavy atom. The minimum absolute atomic E-state index is 0.103. The number of aliphatic hydroxyl groups excluding tert-OH is 1. The number of aromatic amines is 1. The molecule has 1 aliphatic rings. The first-order chi connectivity index (χ1) is 14.4. The highest BCUT2D eigenvalue weighted by Crippen LogP contribution is 2.23. The van der Waals surface area contributed by atoms with Crippen LogP contribution in [0, 0.1) is 5.92 Å². The van der Waals surface area contributed by atoms with E-state index in [4.69, 9.17) is 11.6 Å². The topological polar surface area (TPSA) is 140 Å². The molecule has 2 heterocycles. The van der Waals surface area contributed by atoms with Gasteiger partial charge in [0.05, 0.1) is 23.1 Å².